The first-order chi connectivity index (χ1) is 10.1. The zero-order valence-electron chi connectivity index (χ0n) is 13.2. The van der Waals surface area contributed by atoms with Gasteiger partial charge in [0, 0.05) is 6.20 Å². The minimum atomic E-state index is -0.533. The first kappa shape index (κ1) is 21.4. The highest BCUT2D eigenvalue weighted by molar-refractivity contribution is 5.85. The van der Waals surface area contributed by atoms with Gasteiger partial charge in [0.1, 0.15) is 0 Å². The maximum Gasteiger partial charge on any atom is 0.237 e. The van der Waals surface area contributed by atoms with Gasteiger partial charge in [-0.25, -0.2) is 0 Å². The van der Waals surface area contributed by atoms with Crippen LogP contribution in [0.25, 0.3) is 0 Å². The van der Waals surface area contributed by atoms with Crippen LogP contribution in [0.4, 0.5) is 0 Å². The second-order valence-corrected chi connectivity index (χ2v) is 5.29. The van der Waals surface area contributed by atoms with Crippen molar-refractivity contribution in [3.63, 3.8) is 0 Å². The Morgan fingerprint density at radius 2 is 1.83 bits per heavy atom. The number of hydrogen-bond acceptors (Lipinski definition) is 3. The Bertz CT molecular complexity index is 589. The zero-order valence-corrected chi connectivity index (χ0v) is 14.9. The molecule has 126 valence electrons. The van der Waals surface area contributed by atoms with Crippen molar-refractivity contribution in [2.45, 2.75) is 32.4 Å². The molecule has 0 saturated carbocycles. The summed E-state index contributed by atoms with van der Waals surface area (Å²) in [5.74, 6) is -0.169. The van der Waals surface area contributed by atoms with Crippen molar-refractivity contribution in [2.24, 2.45) is 5.73 Å². The second-order valence-electron chi connectivity index (χ2n) is 5.29. The highest BCUT2D eigenvalue weighted by Gasteiger charge is 2.18. The highest BCUT2D eigenvalue weighted by atomic mass is 35.5. The van der Waals surface area contributed by atoms with E-state index in [-0.39, 0.29) is 36.8 Å². The monoisotopic (exact) mass is 355 g/mol. The second kappa shape index (κ2) is 10.2. The van der Waals surface area contributed by atoms with Crippen LogP contribution in [0.15, 0.2) is 48.7 Å². The summed E-state index contributed by atoms with van der Waals surface area (Å²) in [7, 11) is 0. The van der Waals surface area contributed by atoms with Crippen LogP contribution in [0.5, 0.6) is 0 Å². The number of carbonyl (C=O) groups is 1. The first-order valence-corrected chi connectivity index (χ1v) is 7.08. The van der Waals surface area contributed by atoms with Gasteiger partial charge in [0.05, 0.1) is 17.8 Å². The molecule has 0 aliphatic rings. The predicted octanol–water partition coefficient (Wildman–Crippen LogP) is 2.98. The number of nitrogens with two attached hydrogens (primary N) is 1. The number of nitrogens with one attached hydrogen (secondary N) is 1. The number of carbonyl (C=O) groups excluding carboxylic acids is 1. The summed E-state index contributed by atoms with van der Waals surface area (Å²) >= 11 is 0. The lowest BCUT2D eigenvalue weighted by Gasteiger charge is -2.20. The zero-order chi connectivity index (χ0) is 15.2. The van der Waals surface area contributed by atoms with Crippen LogP contribution in [0.3, 0.4) is 0 Å². The number of amides is 1. The molecule has 1 heterocycles. The maximum atomic E-state index is 11.9. The number of rotatable bonds is 5. The Balaban J connectivity index is 0.00000242. The average molecular weight is 356 g/mol. The summed E-state index contributed by atoms with van der Waals surface area (Å²) in [4.78, 5) is 16.3. The summed E-state index contributed by atoms with van der Waals surface area (Å²) in [5.41, 5.74) is 8.85. The third-order valence-electron chi connectivity index (χ3n) is 3.34. The molecule has 0 aliphatic carbocycles. The summed E-state index contributed by atoms with van der Waals surface area (Å²) in [6.45, 7) is 3.73. The van der Waals surface area contributed by atoms with Crippen LogP contribution in [0, 0.1) is 6.92 Å². The Morgan fingerprint density at radius 1 is 1.17 bits per heavy atom. The van der Waals surface area contributed by atoms with Crippen molar-refractivity contribution >= 4 is 30.7 Å². The van der Waals surface area contributed by atoms with Gasteiger partial charge >= 0.3 is 0 Å². The topological polar surface area (TPSA) is 68.0 Å². The molecule has 1 unspecified atom stereocenters. The maximum absolute atomic E-state index is 11.9. The number of hydrogen-bond donors (Lipinski definition) is 2. The van der Waals surface area contributed by atoms with Gasteiger partial charge in [0.15, 0.2) is 0 Å². The standard InChI is InChI=1S/C17H21N3O.2ClH/c1-12-6-8-14(9-7-12)11-16(20-17(21)13(2)18)15-5-3-4-10-19-15;;/h3-10,13,16H,11,18H2,1-2H3,(H,20,21);2*1H/t13-,16?;;/m1../s1. The fourth-order valence-corrected chi connectivity index (χ4v) is 2.07. The predicted molar refractivity (Wildman–Crippen MR) is 98.1 cm³/mol. The van der Waals surface area contributed by atoms with Crippen LogP contribution >= 0.6 is 24.8 Å². The number of aryl methyl sites for hydroxylation is 1. The number of halogens is 2. The SMILES string of the molecule is Cc1ccc(CC(NC(=O)[C@@H](C)N)c2ccccn2)cc1.Cl.Cl. The van der Waals surface area contributed by atoms with E-state index in [2.05, 4.69) is 41.5 Å². The van der Waals surface area contributed by atoms with E-state index in [4.69, 9.17) is 5.73 Å². The summed E-state index contributed by atoms with van der Waals surface area (Å²) in [6.07, 6.45) is 2.42. The van der Waals surface area contributed by atoms with Gasteiger partial charge in [0.2, 0.25) is 5.91 Å². The smallest absolute Gasteiger partial charge is 0.237 e. The molecule has 0 saturated heterocycles. The van der Waals surface area contributed by atoms with E-state index in [0.29, 0.717) is 6.42 Å². The van der Waals surface area contributed by atoms with Crippen molar-refractivity contribution in [3.05, 3.63) is 65.5 Å². The van der Waals surface area contributed by atoms with Gasteiger partial charge in [-0.1, -0.05) is 35.9 Å². The fraction of sp³-hybridized carbons (Fsp3) is 0.294. The molecule has 1 aromatic carbocycles. The molecule has 1 aromatic heterocycles. The number of nitrogens with zero attached hydrogens (tertiary/aromatic N) is 1. The number of aromatic nitrogens is 1. The minimum Gasteiger partial charge on any atom is -0.346 e. The Hall–Kier alpha value is -1.62. The number of benzene rings is 1. The Labute approximate surface area is 149 Å². The van der Waals surface area contributed by atoms with E-state index in [9.17, 15) is 4.79 Å². The normalized spacial score (nSPS) is 12.3. The van der Waals surface area contributed by atoms with Crippen LogP contribution in [-0.4, -0.2) is 16.9 Å². The molecule has 0 fully saturated rings. The minimum absolute atomic E-state index is 0. The third kappa shape index (κ3) is 6.57. The molecule has 1 amide bonds. The fourth-order valence-electron chi connectivity index (χ4n) is 2.07. The van der Waals surface area contributed by atoms with Gasteiger partial charge in [-0.2, -0.15) is 0 Å². The molecular formula is C17H23Cl2N3O. The van der Waals surface area contributed by atoms with Gasteiger partial charge in [0.25, 0.3) is 0 Å². The molecule has 23 heavy (non-hydrogen) atoms. The molecule has 3 N–H and O–H groups in total. The lowest BCUT2D eigenvalue weighted by Crippen LogP contribution is -2.41. The summed E-state index contributed by atoms with van der Waals surface area (Å²) in [6, 6.07) is 13.3. The molecular weight excluding hydrogens is 333 g/mol. The van der Waals surface area contributed by atoms with Crippen molar-refractivity contribution < 1.29 is 4.79 Å². The van der Waals surface area contributed by atoms with E-state index in [1.807, 2.05) is 18.2 Å². The first-order valence-electron chi connectivity index (χ1n) is 7.08. The van der Waals surface area contributed by atoms with Crippen LogP contribution in [0.1, 0.15) is 29.8 Å². The molecule has 2 rings (SSSR count). The quantitative estimate of drug-likeness (QED) is 0.866. The summed E-state index contributed by atoms with van der Waals surface area (Å²) < 4.78 is 0. The van der Waals surface area contributed by atoms with E-state index in [0.717, 1.165) is 11.3 Å². The van der Waals surface area contributed by atoms with E-state index in [1.54, 1.807) is 13.1 Å². The largest absolute Gasteiger partial charge is 0.346 e. The molecule has 2 aromatic rings. The average Bonchev–Trinajstić information content (AvgIpc) is 2.49. The van der Waals surface area contributed by atoms with Gasteiger partial charge in [-0.05, 0) is 38.0 Å². The molecule has 0 bridgehead atoms. The van der Waals surface area contributed by atoms with Crippen LogP contribution < -0.4 is 11.1 Å². The molecule has 6 heteroatoms. The molecule has 0 radical (unpaired) electrons. The third-order valence-corrected chi connectivity index (χ3v) is 3.34. The molecule has 4 nitrogen and oxygen atoms in total. The lowest BCUT2D eigenvalue weighted by atomic mass is 10.0. The van der Waals surface area contributed by atoms with Crippen molar-refractivity contribution in [1.82, 2.24) is 10.3 Å². The molecule has 2 atom stereocenters. The molecule has 0 spiro atoms. The Kier molecular flexibility index (Phi) is 9.49. The van der Waals surface area contributed by atoms with Gasteiger partial charge < -0.3 is 11.1 Å². The van der Waals surface area contributed by atoms with Crippen molar-refractivity contribution in [1.29, 1.82) is 0 Å². The summed E-state index contributed by atoms with van der Waals surface area (Å²) in [5, 5.41) is 2.97. The van der Waals surface area contributed by atoms with Crippen LogP contribution in [0.2, 0.25) is 0 Å². The van der Waals surface area contributed by atoms with Crippen molar-refractivity contribution in [2.75, 3.05) is 0 Å². The van der Waals surface area contributed by atoms with E-state index in [1.165, 1.54) is 5.56 Å². The van der Waals surface area contributed by atoms with E-state index < -0.39 is 6.04 Å². The molecule has 0 aliphatic heterocycles. The van der Waals surface area contributed by atoms with Crippen LogP contribution in [-0.2, 0) is 11.2 Å². The van der Waals surface area contributed by atoms with Gasteiger partial charge in [-0.3, -0.25) is 9.78 Å². The van der Waals surface area contributed by atoms with Crippen molar-refractivity contribution in [3.8, 4) is 0 Å². The van der Waals surface area contributed by atoms with E-state index >= 15 is 0 Å². The number of pyridine rings is 1. The highest BCUT2D eigenvalue weighted by Crippen LogP contribution is 2.17. The Morgan fingerprint density at radius 3 is 2.35 bits per heavy atom. The van der Waals surface area contributed by atoms with Gasteiger partial charge in [-0.15, -0.1) is 24.8 Å². The lowest BCUT2D eigenvalue weighted by molar-refractivity contribution is -0.122.